The van der Waals surface area contributed by atoms with Crippen molar-refractivity contribution in [3.05, 3.63) is 35.9 Å². The normalized spacial score (nSPS) is 15.1. The molecule has 3 N–H and O–H groups in total. The fraction of sp³-hybridized carbons (Fsp3) is 0.455. The Morgan fingerprint density at radius 2 is 1.93 bits per heavy atom. The molecule has 2 atom stereocenters. The van der Waals surface area contributed by atoms with Gasteiger partial charge in [0.1, 0.15) is 0 Å². The third-order valence-electron chi connectivity index (χ3n) is 2.12. The molecule has 1 unspecified atom stereocenters. The van der Waals surface area contributed by atoms with E-state index in [2.05, 4.69) is 5.32 Å². The van der Waals surface area contributed by atoms with E-state index in [0.717, 1.165) is 5.56 Å². The molecule has 3 nitrogen and oxygen atoms in total. The van der Waals surface area contributed by atoms with Crippen LogP contribution < -0.4 is 5.32 Å². The molecule has 0 bridgehead atoms. The molecule has 14 heavy (non-hydrogen) atoms. The van der Waals surface area contributed by atoms with Crippen molar-refractivity contribution < 1.29 is 10.2 Å². The van der Waals surface area contributed by atoms with E-state index in [4.69, 9.17) is 5.11 Å². The topological polar surface area (TPSA) is 52.5 Å². The highest BCUT2D eigenvalue weighted by Crippen LogP contribution is 2.10. The van der Waals surface area contributed by atoms with Gasteiger partial charge in [-0.2, -0.15) is 0 Å². The molecule has 0 spiro atoms. The summed E-state index contributed by atoms with van der Waals surface area (Å²) in [4.78, 5) is 0. The summed E-state index contributed by atoms with van der Waals surface area (Å²) in [5.74, 6) is 0. The minimum absolute atomic E-state index is 0.0216. The maximum Gasteiger partial charge on any atom is 0.0914 e. The smallest absolute Gasteiger partial charge is 0.0914 e. The number of aliphatic hydroxyl groups is 2. The van der Waals surface area contributed by atoms with Gasteiger partial charge in [-0.3, -0.25) is 0 Å². The van der Waals surface area contributed by atoms with Crippen LogP contribution in [0.15, 0.2) is 30.3 Å². The first kappa shape index (κ1) is 11.2. The number of benzene rings is 1. The summed E-state index contributed by atoms with van der Waals surface area (Å²) in [6.45, 7) is 2.42. The van der Waals surface area contributed by atoms with Crippen molar-refractivity contribution in [2.75, 3.05) is 13.2 Å². The van der Waals surface area contributed by atoms with Gasteiger partial charge in [0.05, 0.1) is 12.7 Å². The predicted molar refractivity (Wildman–Crippen MR) is 56.0 cm³/mol. The molecule has 0 aliphatic carbocycles. The minimum Gasteiger partial charge on any atom is -0.395 e. The fourth-order valence-corrected chi connectivity index (χ4v) is 1.17. The Morgan fingerprint density at radius 3 is 2.50 bits per heavy atom. The van der Waals surface area contributed by atoms with Crippen LogP contribution in [0.4, 0.5) is 0 Å². The van der Waals surface area contributed by atoms with Gasteiger partial charge in [0.25, 0.3) is 0 Å². The average molecular weight is 195 g/mol. The van der Waals surface area contributed by atoms with Crippen molar-refractivity contribution in [2.24, 2.45) is 0 Å². The largest absolute Gasteiger partial charge is 0.395 e. The highest BCUT2D eigenvalue weighted by molar-refractivity contribution is 5.17. The minimum atomic E-state index is -0.509. The van der Waals surface area contributed by atoms with E-state index in [9.17, 15) is 5.11 Å². The van der Waals surface area contributed by atoms with E-state index >= 15 is 0 Å². The summed E-state index contributed by atoms with van der Waals surface area (Å²) in [5, 5.41) is 21.5. The van der Waals surface area contributed by atoms with Gasteiger partial charge in [0, 0.05) is 12.6 Å². The molecule has 78 valence electrons. The number of aliphatic hydroxyl groups excluding tert-OH is 2. The van der Waals surface area contributed by atoms with Gasteiger partial charge in [0.15, 0.2) is 0 Å². The molecule has 1 aromatic carbocycles. The van der Waals surface area contributed by atoms with E-state index in [0.29, 0.717) is 6.54 Å². The summed E-state index contributed by atoms with van der Waals surface area (Å²) in [6, 6.07) is 9.50. The Balaban J connectivity index is 2.39. The summed E-state index contributed by atoms with van der Waals surface area (Å²) in [5.41, 5.74) is 0.894. The molecule has 0 saturated carbocycles. The average Bonchev–Trinajstić information content (AvgIpc) is 2.26. The van der Waals surface area contributed by atoms with Crippen molar-refractivity contribution in [1.29, 1.82) is 0 Å². The molecule has 3 heteroatoms. The number of rotatable bonds is 5. The van der Waals surface area contributed by atoms with E-state index in [-0.39, 0.29) is 12.6 Å². The first-order valence-electron chi connectivity index (χ1n) is 4.81. The van der Waals surface area contributed by atoms with E-state index < -0.39 is 6.10 Å². The third kappa shape index (κ3) is 3.46. The molecule has 0 aliphatic rings. The quantitative estimate of drug-likeness (QED) is 0.648. The zero-order chi connectivity index (χ0) is 10.4. The van der Waals surface area contributed by atoms with Gasteiger partial charge in [-0.1, -0.05) is 30.3 Å². The van der Waals surface area contributed by atoms with E-state index in [1.807, 2.05) is 37.3 Å². The van der Waals surface area contributed by atoms with Gasteiger partial charge < -0.3 is 15.5 Å². The fourth-order valence-electron chi connectivity index (χ4n) is 1.17. The van der Waals surface area contributed by atoms with Gasteiger partial charge in [-0.25, -0.2) is 0 Å². The zero-order valence-electron chi connectivity index (χ0n) is 8.35. The van der Waals surface area contributed by atoms with Crippen LogP contribution in [0.5, 0.6) is 0 Å². The van der Waals surface area contributed by atoms with Gasteiger partial charge in [0.2, 0.25) is 0 Å². The summed E-state index contributed by atoms with van der Waals surface area (Å²) in [7, 11) is 0. The van der Waals surface area contributed by atoms with Crippen molar-refractivity contribution in [2.45, 2.75) is 19.1 Å². The second-order valence-electron chi connectivity index (χ2n) is 3.42. The molecule has 0 heterocycles. The van der Waals surface area contributed by atoms with Crippen LogP contribution in [0, 0.1) is 0 Å². The second-order valence-corrected chi connectivity index (χ2v) is 3.42. The molecular weight excluding hydrogens is 178 g/mol. The Kier molecular flexibility index (Phi) is 4.59. The van der Waals surface area contributed by atoms with Crippen molar-refractivity contribution in [3.63, 3.8) is 0 Å². The molecule has 0 saturated heterocycles. The molecule has 1 rings (SSSR count). The van der Waals surface area contributed by atoms with Gasteiger partial charge >= 0.3 is 0 Å². The van der Waals surface area contributed by atoms with Crippen LogP contribution in [0.3, 0.4) is 0 Å². The lowest BCUT2D eigenvalue weighted by molar-refractivity contribution is 0.161. The summed E-state index contributed by atoms with van der Waals surface area (Å²) >= 11 is 0. The monoisotopic (exact) mass is 195 g/mol. The maximum absolute atomic E-state index is 9.72. The van der Waals surface area contributed by atoms with Crippen molar-refractivity contribution >= 4 is 0 Å². The molecule has 0 aromatic heterocycles. The SMILES string of the molecule is C[C@@H](CO)NCC(O)c1ccccc1. The molecule has 0 fully saturated rings. The summed E-state index contributed by atoms with van der Waals surface area (Å²) in [6.07, 6.45) is -0.509. The highest BCUT2D eigenvalue weighted by atomic mass is 16.3. The Labute approximate surface area is 84.4 Å². The van der Waals surface area contributed by atoms with Gasteiger partial charge in [-0.15, -0.1) is 0 Å². The molecule has 0 radical (unpaired) electrons. The van der Waals surface area contributed by atoms with E-state index in [1.165, 1.54) is 0 Å². The number of nitrogens with one attached hydrogen (secondary N) is 1. The lowest BCUT2D eigenvalue weighted by Gasteiger charge is -2.15. The lowest BCUT2D eigenvalue weighted by Crippen LogP contribution is -2.32. The Morgan fingerprint density at radius 1 is 1.29 bits per heavy atom. The molecule has 1 aromatic rings. The lowest BCUT2D eigenvalue weighted by atomic mass is 10.1. The van der Waals surface area contributed by atoms with E-state index in [1.54, 1.807) is 0 Å². The standard InChI is InChI=1S/C11H17NO2/c1-9(8-13)12-7-11(14)10-5-3-2-4-6-10/h2-6,9,11-14H,7-8H2,1H3/t9-,11?/m0/s1. The predicted octanol–water partition coefficient (Wildman–Crippen LogP) is 0.690. The van der Waals surface area contributed by atoms with Crippen LogP contribution >= 0.6 is 0 Å². The first-order chi connectivity index (χ1) is 6.74. The number of hydrogen-bond acceptors (Lipinski definition) is 3. The van der Waals surface area contributed by atoms with Crippen molar-refractivity contribution in [3.8, 4) is 0 Å². The van der Waals surface area contributed by atoms with Crippen LogP contribution in [0.2, 0.25) is 0 Å². The maximum atomic E-state index is 9.72. The molecule has 0 amide bonds. The summed E-state index contributed by atoms with van der Waals surface area (Å²) < 4.78 is 0. The van der Waals surface area contributed by atoms with Crippen LogP contribution in [-0.2, 0) is 0 Å². The number of hydrogen-bond donors (Lipinski definition) is 3. The third-order valence-corrected chi connectivity index (χ3v) is 2.12. The van der Waals surface area contributed by atoms with Crippen LogP contribution in [0.1, 0.15) is 18.6 Å². The Bertz CT molecular complexity index is 251. The zero-order valence-corrected chi connectivity index (χ0v) is 8.35. The highest BCUT2D eigenvalue weighted by Gasteiger charge is 2.07. The van der Waals surface area contributed by atoms with Crippen molar-refractivity contribution in [1.82, 2.24) is 5.32 Å². The van der Waals surface area contributed by atoms with Gasteiger partial charge in [-0.05, 0) is 12.5 Å². The van der Waals surface area contributed by atoms with Crippen LogP contribution in [0.25, 0.3) is 0 Å². The van der Waals surface area contributed by atoms with Crippen LogP contribution in [-0.4, -0.2) is 29.4 Å². The second kappa shape index (κ2) is 5.75. The molecule has 0 aliphatic heterocycles. The molecular formula is C11H17NO2. The first-order valence-corrected chi connectivity index (χ1v) is 4.81. The Hall–Kier alpha value is -0.900.